The van der Waals surface area contributed by atoms with Gasteiger partial charge < -0.3 is 55.7 Å². The van der Waals surface area contributed by atoms with E-state index in [1.807, 2.05) is 0 Å². The van der Waals surface area contributed by atoms with E-state index in [0.717, 1.165) is 12.6 Å². The maximum atomic E-state index is 15.3. The predicted octanol–water partition coefficient (Wildman–Crippen LogP) is -1.70. The number of phosphoric ester groups is 1. The zero-order valence-corrected chi connectivity index (χ0v) is 23.9. The van der Waals surface area contributed by atoms with Crippen LogP contribution in [0.3, 0.4) is 0 Å². The Labute approximate surface area is 237 Å². The first-order chi connectivity index (χ1) is 19.2. The number of hydrogen-bond donors (Lipinski definition) is 9. The Hall–Kier alpha value is -1.32. The lowest BCUT2D eigenvalue weighted by Crippen LogP contribution is -2.61. The number of nitrogens with one attached hydrogen (secondary N) is 1. The van der Waals surface area contributed by atoms with Gasteiger partial charge in [-0.2, -0.15) is 4.31 Å². The number of phosphoric acid groups is 1. The molecule has 1 aromatic rings. The highest BCUT2D eigenvalue weighted by atomic mass is 32.7. The molecule has 18 nitrogen and oxygen atoms in total. The van der Waals surface area contributed by atoms with Crippen LogP contribution in [-0.2, 0) is 32.0 Å². The summed E-state index contributed by atoms with van der Waals surface area (Å²) in [7, 11) is -4.08. The number of nitrogens with two attached hydrogens (primary N) is 1. The number of aliphatic hydroxyl groups excluding tert-OH is 5. The van der Waals surface area contributed by atoms with E-state index in [-0.39, 0.29) is 17.3 Å². The van der Waals surface area contributed by atoms with Gasteiger partial charge in [0, 0.05) is 0 Å². The predicted molar refractivity (Wildman–Crippen MR) is 137 cm³/mol. The number of anilines is 1. The number of alkyl halides is 1. The molecule has 12 atom stereocenters. The van der Waals surface area contributed by atoms with Gasteiger partial charge in [-0.3, -0.25) is 9.05 Å². The SMILES string of the molecule is C=COc1c(N)ncnc1C1O[C@H](COP(=O)(S)OP(=O)(O)OC2OC([C@@H](O)CO)C(O)C(O)C2O)[C@@H](NC)[C@H]1F. The van der Waals surface area contributed by atoms with E-state index in [2.05, 4.69) is 42.9 Å². The first kappa shape index (κ1) is 34.2. The van der Waals surface area contributed by atoms with Crippen LogP contribution in [0.25, 0.3) is 0 Å². The molecule has 0 aromatic carbocycles. The van der Waals surface area contributed by atoms with Crippen LogP contribution < -0.4 is 15.8 Å². The summed E-state index contributed by atoms with van der Waals surface area (Å²) < 4.78 is 70.6. The summed E-state index contributed by atoms with van der Waals surface area (Å²) in [6, 6.07) is -1.09. The van der Waals surface area contributed by atoms with Crippen molar-refractivity contribution in [2.45, 2.75) is 61.2 Å². The maximum absolute atomic E-state index is 15.3. The molecule has 3 heterocycles. The molecule has 0 spiro atoms. The molecule has 0 radical (unpaired) electrons. The van der Waals surface area contributed by atoms with Crippen LogP contribution in [0.2, 0.25) is 0 Å². The molecule has 234 valence electrons. The molecular formula is C19H31FN4O14P2S. The number of halogens is 1. The van der Waals surface area contributed by atoms with Gasteiger partial charge in [0.1, 0.15) is 60.9 Å². The number of hydrogen-bond acceptors (Lipinski definition) is 17. The topological polar surface area (TPSA) is 275 Å². The van der Waals surface area contributed by atoms with Crippen LogP contribution in [0.1, 0.15) is 11.8 Å². The Morgan fingerprint density at radius 1 is 1.27 bits per heavy atom. The number of aromatic nitrogens is 2. The third-order valence-electron chi connectivity index (χ3n) is 6.04. The number of aliphatic hydroxyl groups is 5. The van der Waals surface area contributed by atoms with Crippen molar-refractivity contribution in [3.05, 3.63) is 24.9 Å². The molecule has 2 fully saturated rings. The first-order valence-corrected chi connectivity index (χ1v) is 15.9. The van der Waals surface area contributed by atoms with Crippen molar-refractivity contribution in [2.24, 2.45) is 0 Å². The molecular weight excluding hydrogens is 621 g/mol. The molecule has 22 heteroatoms. The van der Waals surface area contributed by atoms with Crippen LogP contribution in [0.4, 0.5) is 10.2 Å². The van der Waals surface area contributed by atoms with E-state index in [1.54, 1.807) is 0 Å². The molecule has 0 aliphatic carbocycles. The van der Waals surface area contributed by atoms with Gasteiger partial charge >= 0.3 is 14.6 Å². The van der Waals surface area contributed by atoms with Crippen LogP contribution in [-0.4, -0.2) is 116 Å². The van der Waals surface area contributed by atoms with Crippen molar-refractivity contribution in [1.29, 1.82) is 0 Å². The van der Waals surface area contributed by atoms with Crippen molar-refractivity contribution in [1.82, 2.24) is 15.3 Å². The van der Waals surface area contributed by atoms with Gasteiger partial charge in [-0.05, 0) is 7.05 Å². The molecule has 0 saturated carbocycles. The fraction of sp³-hybridized carbons (Fsp3) is 0.684. The fourth-order valence-electron chi connectivity index (χ4n) is 4.11. The Morgan fingerprint density at radius 2 is 1.95 bits per heavy atom. The van der Waals surface area contributed by atoms with Crippen LogP contribution in [0.15, 0.2) is 19.2 Å². The summed E-state index contributed by atoms with van der Waals surface area (Å²) in [5.41, 5.74) is 5.71. The lowest BCUT2D eigenvalue weighted by molar-refractivity contribution is -0.292. The number of rotatable bonds is 13. The third kappa shape index (κ3) is 7.99. The Bertz CT molecular complexity index is 1160. The van der Waals surface area contributed by atoms with Gasteiger partial charge in [-0.25, -0.2) is 23.5 Å². The molecule has 2 aliphatic rings. The second-order valence-electron chi connectivity index (χ2n) is 8.72. The Kier molecular flexibility index (Phi) is 11.7. The lowest BCUT2D eigenvalue weighted by atomic mass is 9.96. The smallest absolute Gasteiger partial charge is 0.460 e. The standard InChI is InChI=1S/C19H31FN4O14P2S/c1-3-33-17-11(23-6-24-18(17)21)16-9(20)10(22-2)8(35-16)5-34-40(32,41)38-39(30,31)37-19-14(29)12(27)13(28)15(36-19)7(26)4-25/h3,6-10,12-16,19,22,25-29H,1,4-5H2,2H3,(H,30,31)(H,32,41)(H2,21,23,24)/t7-,8+,9+,10+,12?,13?,14?,15?,16?,19?,40?/m0/s1. The van der Waals surface area contributed by atoms with Gasteiger partial charge in [0.25, 0.3) is 0 Å². The molecule has 2 saturated heterocycles. The van der Waals surface area contributed by atoms with E-state index in [0.29, 0.717) is 0 Å². The second kappa shape index (κ2) is 14.0. The Balaban J connectivity index is 1.67. The molecule has 1 aromatic heterocycles. The first-order valence-electron chi connectivity index (χ1n) is 11.7. The van der Waals surface area contributed by atoms with Gasteiger partial charge in [-0.15, -0.1) is 0 Å². The average Bonchev–Trinajstić information content (AvgIpc) is 3.22. The minimum Gasteiger partial charge on any atom is -0.460 e. The van der Waals surface area contributed by atoms with Gasteiger partial charge in [0.2, 0.25) is 0 Å². The highest BCUT2D eigenvalue weighted by molar-refractivity contribution is 8.45. The summed E-state index contributed by atoms with van der Waals surface area (Å²) in [4.78, 5) is 17.8. The van der Waals surface area contributed by atoms with Crippen LogP contribution >= 0.6 is 26.9 Å². The van der Waals surface area contributed by atoms with E-state index in [4.69, 9.17) is 29.6 Å². The Morgan fingerprint density at radius 3 is 2.56 bits per heavy atom. The van der Waals surface area contributed by atoms with Gasteiger partial charge in [0.05, 0.1) is 25.5 Å². The monoisotopic (exact) mass is 652 g/mol. The zero-order chi connectivity index (χ0) is 30.7. The molecule has 9 N–H and O–H groups in total. The maximum Gasteiger partial charge on any atom is 0.482 e. The number of nitrogens with zero attached hydrogens (tertiary/aromatic N) is 2. The average molecular weight is 652 g/mol. The van der Waals surface area contributed by atoms with Crippen molar-refractivity contribution in [2.75, 3.05) is 26.0 Å². The van der Waals surface area contributed by atoms with Crippen LogP contribution in [0.5, 0.6) is 5.75 Å². The molecule has 0 amide bonds. The summed E-state index contributed by atoms with van der Waals surface area (Å²) in [5.74, 6) is -0.226. The van der Waals surface area contributed by atoms with Gasteiger partial charge in [-0.1, -0.05) is 18.8 Å². The van der Waals surface area contributed by atoms with Gasteiger partial charge in [0.15, 0.2) is 17.9 Å². The van der Waals surface area contributed by atoms with Crippen molar-refractivity contribution in [3.8, 4) is 5.75 Å². The molecule has 8 unspecified atom stereocenters. The number of thiol groups is 1. The van der Waals surface area contributed by atoms with Crippen molar-refractivity contribution in [3.63, 3.8) is 0 Å². The van der Waals surface area contributed by atoms with E-state index >= 15 is 4.39 Å². The normalized spacial score (nSPS) is 35.8. The molecule has 0 bridgehead atoms. The number of likely N-dealkylation sites (N-methyl/N-ethyl adjacent to an activating group) is 1. The van der Waals surface area contributed by atoms with Crippen molar-refractivity contribution < 1.29 is 71.5 Å². The quantitative estimate of drug-likeness (QED) is 0.0652. The number of ether oxygens (including phenoxy) is 3. The van der Waals surface area contributed by atoms with Crippen molar-refractivity contribution >= 4 is 32.7 Å². The largest absolute Gasteiger partial charge is 0.482 e. The van der Waals surface area contributed by atoms with E-state index in [9.17, 15) is 34.4 Å². The van der Waals surface area contributed by atoms with E-state index in [1.165, 1.54) is 7.05 Å². The highest BCUT2D eigenvalue weighted by Crippen LogP contribution is 2.66. The third-order valence-corrected chi connectivity index (χ3v) is 9.64. The zero-order valence-electron chi connectivity index (χ0n) is 21.2. The molecule has 2 aliphatic heterocycles. The summed E-state index contributed by atoms with van der Waals surface area (Å²) in [6.07, 6.45) is -14.2. The second-order valence-corrected chi connectivity index (χ2v) is 13.2. The molecule has 41 heavy (non-hydrogen) atoms. The highest BCUT2D eigenvalue weighted by Gasteiger charge is 2.51. The lowest BCUT2D eigenvalue weighted by Gasteiger charge is -2.41. The summed E-state index contributed by atoms with van der Waals surface area (Å²) in [5, 5.41) is 51.5. The summed E-state index contributed by atoms with van der Waals surface area (Å²) >= 11 is 3.62. The fourth-order valence-corrected chi connectivity index (χ4v) is 7.30. The minimum atomic E-state index is -5.48. The van der Waals surface area contributed by atoms with E-state index < -0.39 is 89.1 Å². The molecule has 3 rings (SSSR count). The number of nitrogen functional groups attached to an aromatic ring is 1. The summed E-state index contributed by atoms with van der Waals surface area (Å²) in [6.45, 7) is -3.05. The van der Waals surface area contributed by atoms with Crippen LogP contribution in [0, 0.1) is 0 Å². The minimum absolute atomic E-state index is 0.0609.